The molecule has 1 saturated heterocycles. The van der Waals surface area contributed by atoms with Crippen molar-refractivity contribution < 1.29 is 4.74 Å². The Labute approximate surface area is 139 Å². The first kappa shape index (κ1) is 14.6. The fourth-order valence-electron chi connectivity index (χ4n) is 2.74. The third kappa shape index (κ3) is 2.93. The molecule has 7 heteroatoms. The monoisotopic (exact) mass is 322 g/mol. The van der Waals surface area contributed by atoms with Gasteiger partial charge in [0.1, 0.15) is 5.82 Å². The molecule has 1 fully saturated rings. The van der Waals surface area contributed by atoms with Gasteiger partial charge in [-0.3, -0.25) is 5.10 Å². The summed E-state index contributed by atoms with van der Waals surface area (Å²) in [5.41, 5.74) is 9.87. The van der Waals surface area contributed by atoms with Crippen molar-refractivity contribution in [3.8, 4) is 22.5 Å². The summed E-state index contributed by atoms with van der Waals surface area (Å²) in [6, 6.07) is 11.9. The van der Waals surface area contributed by atoms with Crippen LogP contribution in [0.1, 0.15) is 0 Å². The van der Waals surface area contributed by atoms with Gasteiger partial charge in [-0.25, -0.2) is 4.98 Å². The van der Waals surface area contributed by atoms with Crippen LogP contribution in [-0.2, 0) is 4.74 Å². The van der Waals surface area contributed by atoms with Crippen molar-refractivity contribution >= 4 is 11.8 Å². The van der Waals surface area contributed by atoms with Gasteiger partial charge in [-0.05, 0) is 11.6 Å². The lowest BCUT2D eigenvalue weighted by molar-refractivity contribution is 0.122. The van der Waals surface area contributed by atoms with E-state index in [0.717, 1.165) is 35.6 Å². The number of nitrogen functional groups attached to an aromatic ring is 1. The number of nitrogens with zero attached hydrogens (tertiary/aromatic N) is 4. The maximum absolute atomic E-state index is 5.99. The normalized spacial score (nSPS) is 14.8. The van der Waals surface area contributed by atoms with E-state index < -0.39 is 0 Å². The molecule has 7 nitrogen and oxygen atoms in total. The summed E-state index contributed by atoms with van der Waals surface area (Å²) < 4.78 is 5.38. The summed E-state index contributed by atoms with van der Waals surface area (Å²) in [6.07, 6.45) is 1.74. The Kier molecular flexibility index (Phi) is 3.84. The van der Waals surface area contributed by atoms with E-state index in [2.05, 4.69) is 25.1 Å². The van der Waals surface area contributed by atoms with E-state index in [4.69, 9.17) is 10.5 Å². The Morgan fingerprint density at radius 3 is 2.46 bits per heavy atom. The zero-order valence-corrected chi connectivity index (χ0v) is 13.1. The molecule has 0 atom stereocenters. The number of ether oxygens (including phenoxy) is 1. The van der Waals surface area contributed by atoms with Gasteiger partial charge in [-0.2, -0.15) is 10.1 Å². The van der Waals surface area contributed by atoms with Gasteiger partial charge in [0.05, 0.1) is 24.6 Å². The van der Waals surface area contributed by atoms with Crippen LogP contribution in [0.5, 0.6) is 0 Å². The van der Waals surface area contributed by atoms with Crippen LogP contribution in [0.3, 0.4) is 0 Å². The van der Waals surface area contributed by atoms with Crippen LogP contribution in [0, 0.1) is 0 Å². The number of H-pyrrole nitrogens is 1. The molecule has 2 aromatic heterocycles. The first-order valence-corrected chi connectivity index (χ1v) is 7.87. The molecule has 0 amide bonds. The molecule has 0 radical (unpaired) electrons. The Hall–Kier alpha value is -2.93. The van der Waals surface area contributed by atoms with E-state index >= 15 is 0 Å². The van der Waals surface area contributed by atoms with Gasteiger partial charge < -0.3 is 15.4 Å². The van der Waals surface area contributed by atoms with Crippen molar-refractivity contribution in [3.05, 3.63) is 42.6 Å². The number of hydrogen-bond acceptors (Lipinski definition) is 6. The first-order valence-electron chi connectivity index (χ1n) is 7.87. The summed E-state index contributed by atoms with van der Waals surface area (Å²) in [6.45, 7) is 2.93. The summed E-state index contributed by atoms with van der Waals surface area (Å²) in [7, 11) is 0. The molecule has 122 valence electrons. The Morgan fingerprint density at radius 1 is 1.00 bits per heavy atom. The molecule has 0 saturated carbocycles. The van der Waals surface area contributed by atoms with Crippen LogP contribution in [0.25, 0.3) is 22.5 Å². The molecule has 0 spiro atoms. The molecule has 24 heavy (non-hydrogen) atoms. The highest BCUT2D eigenvalue weighted by atomic mass is 16.5. The van der Waals surface area contributed by atoms with Crippen LogP contribution in [-0.4, -0.2) is 46.5 Å². The van der Waals surface area contributed by atoms with Crippen LogP contribution in [0.4, 0.5) is 11.8 Å². The first-order chi connectivity index (χ1) is 11.8. The third-order valence-electron chi connectivity index (χ3n) is 4.02. The number of anilines is 2. The second-order valence-electron chi connectivity index (χ2n) is 5.63. The summed E-state index contributed by atoms with van der Waals surface area (Å²) in [5.74, 6) is 1.13. The van der Waals surface area contributed by atoms with E-state index in [0.29, 0.717) is 25.0 Å². The lowest BCUT2D eigenvalue weighted by Crippen LogP contribution is -2.37. The van der Waals surface area contributed by atoms with E-state index in [1.165, 1.54) is 0 Å². The third-order valence-corrected chi connectivity index (χ3v) is 4.02. The minimum absolute atomic E-state index is 0.471. The molecule has 1 aromatic carbocycles. The van der Waals surface area contributed by atoms with Crippen molar-refractivity contribution in [2.45, 2.75) is 0 Å². The van der Waals surface area contributed by atoms with Crippen LogP contribution < -0.4 is 10.6 Å². The van der Waals surface area contributed by atoms with Gasteiger partial charge in [-0.1, -0.05) is 24.3 Å². The lowest BCUT2D eigenvalue weighted by Gasteiger charge is -2.27. The number of benzene rings is 1. The number of aromatic nitrogens is 4. The molecule has 3 heterocycles. The molecule has 0 aliphatic carbocycles. The van der Waals surface area contributed by atoms with Gasteiger partial charge >= 0.3 is 0 Å². The van der Waals surface area contributed by atoms with Gasteiger partial charge in [-0.15, -0.1) is 0 Å². The number of nitrogens with two attached hydrogens (primary N) is 1. The Balaban J connectivity index is 1.64. The van der Waals surface area contributed by atoms with Crippen molar-refractivity contribution in [2.75, 3.05) is 36.9 Å². The fourth-order valence-corrected chi connectivity index (χ4v) is 2.74. The second-order valence-corrected chi connectivity index (χ2v) is 5.63. The van der Waals surface area contributed by atoms with Gasteiger partial charge in [0.2, 0.25) is 5.95 Å². The van der Waals surface area contributed by atoms with Crippen LogP contribution in [0.2, 0.25) is 0 Å². The average molecular weight is 322 g/mol. The molecule has 3 N–H and O–H groups in total. The molecule has 0 unspecified atom stereocenters. The van der Waals surface area contributed by atoms with E-state index in [-0.39, 0.29) is 0 Å². The molecular formula is C17H18N6O. The standard InChI is InChI=1S/C17H18N6O/c18-16-11-15(20-17(21-16)23-7-9-24-10-8-23)13-3-1-12(2-4-13)14-5-6-19-22-14/h1-6,11H,7-10H2,(H,19,22)(H2,18,20,21). The van der Waals surface area contributed by atoms with E-state index in [9.17, 15) is 0 Å². The molecule has 4 rings (SSSR count). The summed E-state index contributed by atoms with van der Waals surface area (Å²) in [4.78, 5) is 11.1. The molecule has 1 aliphatic rings. The van der Waals surface area contributed by atoms with Crippen molar-refractivity contribution in [1.29, 1.82) is 0 Å². The summed E-state index contributed by atoms with van der Waals surface area (Å²) in [5, 5.41) is 6.94. The SMILES string of the molecule is Nc1cc(-c2ccc(-c3ccn[nH]3)cc2)nc(N2CCOCC2)n1. The topological polar surface area (TPSA) is 93.0 Å². The van der Waals surface area contributed by atoms with E-state index in [1.807, 2.05) is 30.3 Å². The number of aromatic amines is 1. The smallest absolute Gasteiger partial charge is 0.228 e. The Morgan fingerprint density at radius 2 is 1.75 bits per heavy atom. The highest BCUT2D eigenvalue weighted by Crippen LogP contribution is 2.25. The predicted octanol–water partition coefficient (Wildman–Crippen LogP) is 1.95. The molecule has 0 bridgehead atoms. The molecular weight excluding hydrogens is 304 g/mol. The maximum Gasteiger partial charge on any atom is 0.228 e. The molecule has 1 aliphatic heterocycles. The zero-order chi connectivity index (χ0) is 16.4. The quantitative estimate of drug-likeness (QED) is 0.765. The number of morpholine rings is 1. The average Bonchev–Trinajstić information content (AvgIpc) is 3.17. The lowest BCUT2D eigenvalue weighted by atomic mass is 10.1. The predicted molar refractivity (Wildman–Crippen MR) is 92.5 cm³/mol. The largest absolute Gasteiger partial charge is 0.384 e. The van der Waals surface area contributed by atoms with Crippen molar-refractivity contribution in [3.63, 3.8) is 0 Å². The number of hydrogen-bond donors (Lipinski definition) is 2. The minimum Gasteiger partial charge on any atom is -0.384 e. The van der Waals surface area contributed by atoms with Gasteiger partial charge in [0.15, 0.2) is 0 Å². The van der Waals surface area contributed by atoms with Crippen LogP contribution >= 0.6 is 0 Å². The number of nitrogens with one attached hydrogen (secondary N) is 1. The summed E-state index contributed by atoms with van der Waals surface area (Å²) >= 11 is 0. The van der Waals surface area contributed by atoms with Crippen molar-refractivity contribution in [2.24, 2.45) is 0 Å². The molecule has 3 aromatic rings. The zero-order valence-electron chi connectivity index (χ0n) is 13.1. The minimum atomic E-state index is 0.471. The second kappa shape index (κ2) is 6.29. The number of rotatable bonds is 3. The Bertz CT molecular complexity index is 810. The van der Waals surface area contributed by atoms with Gasteiger partial charge in [0.25, 0.3) is 0 Å². The van der Waals surface area contributed by atoms with Crippen LogP contribution in [0.15, 0.2) is 42.6 Å². The van der Waals surface area contributed by atoms with E-state index in [1.54, 1.807) is 12.3 Å². The highest BCUT2D eigenvalue weighted by molar-refractivity contribution is 5.68. The fraction of sp³-hybridized carbons (Fsp3) is 0.235. The maximum atomic E-state index is 5.99. The highest BCUT2D eigenvalue weighted by Gasteiger charge is 2.15. The van der Waals surface area contributed by atoms with Gasteiger partial charge in [0, 0.05) is 30.9 Å². The van der Waals surface area contributed by atoms with Crippen molar-refractivity contribution in [1.82, 2.24) is 20.2 Å².